The van der Waals surface area contributed by atoms with Gasteiger partial charge in [0.25, 0.3) is 0 Å². The van der Waals surface area contributed by atoms with Gasteiger partial charge in [-0.25, -0.2) is 13.8 Å². The lowest BCUT2D eigenvalue weighted by atomic mass is 9.80. The summed E-state index contributed by atoms with van der Waals surface area (Å²) in [6.07, 6.45) is 5.63. The number of ether oxygens (including phenoxy) is 4. The first-order valence-electron chi connectivity index (χ1n) is 18.5. The Morgan fingerprint density at radius 3 is 2.46 bits per heavy atom. The molecule has 0 saturated carbocycles. The number of esters is 2. The highest BCUT2D eigenvalue weighted by molar-refractivity contribution is 5.85. The van der Waals surface area contributed by atoms with E-state index < -0.39 is 17.0 Å². The van der Waals surface area contributed by atoms with Crippen molar-refractivity contribution in [3.63, 3.8) is 0 Å². The zero-order valence-electron chi connectivity index (χ0n) is 31.2. The molecule has 6 aromatic rings. The monoisotopic (exact) mass is 763 g/mol. The molecule has 0 saturated heterocycles. The smallest absolute Gasteiger partial charge is 0.308 e. The Kier molecular flexibility index (Phi) is 13.0. The number of aldehydes is 1. The number of carbonyl (C=O) groups excluding carboxylic acids is 3. The summed E-state index contributed by atoms with van der Waals surface area (Å²) >= 11 is 0. The molecule has 2 aromatic heterocycles. The second-order valence-electron chi connectivity index (χ2n) is 13.4. The summed E-state index contributed by atoms with van der Waals surface area (Å²) < 4.78 is 53.2. The molecule has 2 heterocycles. The molecular weight excluding hydrogens is 720 g/mol. The molecule has 0 aliphatic heterocycles. The number of aryl methyl sites for hydroxylation is 2. The van der Waals surface area contributed by atoms with Gasteiger partial charge in [-0.05, 0) is 74.1 Å². The minimum atomic E-state index is -1.17. The van der Waals surface area contributed by atoms with Gasteiger partial charge in [-0.3, -0.25) is 9.59 Å². The van der Waals surface area contributed by atoms with Gasteiger partial charge in [0.1, 0.15) is 30.3 Å². The van der Waals surface area contributed by atoms with Crippen LogP contribution in [-0.2, 0) is 53.5 Å². The van der Waals surface area contributed by atoms with E-state index in [9.17, 15) is 14.4 Å². The number of rotatable bonds is 19. The van der Waals surface area contributed by atoms with Gasteiger partial charge in [0.15, 0.2) is 11.6 Å². The molecule has 10 nitrogen and oxygen atoms in total. The Labute approximate surface area is 323 Å². The van der Waals surface area contributed by atoms with Crippen LogP contribution in [0.3, 0.4) is 0 Å². The lowest BCUT2D eigenvalue weighted by Crippen LogP contribution is -2.26. The number of fused-ring (bicyclic) bond motifs is 1. The molecule has 0 amide bonds. The maximum absolute atomic E-state index is 15.7. The lowest BCUT2D eigenvalue weighted by molar-refractivity contribution is -0.146. The second-order valence-corrected chi connectivity index (χ2v) is 13.4. The van der Waals surface area contributed by atoms with E-state index in [1.807, 2.05) is 60.7 Å². The summed E-state index contributed by atoms with van der Waals surface area (Å²) in [5.74, 6) is -1.55. The SMILES string of the molecule is CCOC(=O)CCc1cccc(C(C)(C=O)c2cnc(-c3cc(Oc4c(F)cc5[nH]ccc5c4CCCOCCC(=O)OCc4ccccc4)ccc3F)[nH]2)c1. The minimum Gasteiger partial charge on any atom is -0.466 e. The standard InChI is InChI=1S/C44H43F2N3O7/c1-3-54-40(51)17-14-29-11-7-12-31(23-29)44(2,28-50)39-26-48-43(49-39)35-24-32(15-16-36(35)45)56-42-34(33-18-20-47-38(33)25-37(42)46)13-8-21-53-22-19-41(52)55-27-30-9-5-4-6-10-30/h4-7,9-12,15-16,18,20,23-26,28,47H,3,8,13-14,17,19,21-22,27H2,1-2H3,(H,48,49). The largest absolute Gasteiger partial charge is 0.466 e. The summed E-state index contributed by atoms with van der Waals surface area (Å²) in [6.45, 7) is 4.47. The Morgan fingerprint density at radius 1 is 0.857 bits per heavy atom. The number of nitrogens with zero attached hydrogens (tertiary/aromatic N) is 1. The van der Waals surface area contributed by atoms with Gasteiger partial charge in [-0.1, -0.05) is 54.6 Å². The fourth-order valence-corrected chi connectivity index (χ4v) is 6.41. The van der Waals surface area contributed by atoms with Gasteiger partial charge in [0, 0.05) is 48.0 Å². The molecule has 0 spiro atoms. The van der Waals surface area contributed by atoms with Gasteiger partial charge in [0.2, 0.25) is 0 Å². The normalized spacial score (nSPS) is 12.3. The molecule has 12 heteroatoms. The van der Waals surface area contributed by atoms with Crippen LogP contribution < -0.4 is 4.74 Å². The average molecular weight is 764 g/mol. The topological polar surface area (TPSA) is 133 Å². The Balaban J connectivity index is 1.13. The number of H-pyrrole nitrogens is 2. The number of aromatic nitrogens is 3. The van der Waals surface area contributed by atoms with E-state index in [-0.39, 0.29) is 60.9 Å². The van der Waals surface area contributed by atoms with Crippen molar-refractivity contribution >= 4 is 29.1 Å². The van der Waals surface area contributed by atoms with E-state index in [2.05, 4.69) is 15.0 Å². The van der Waals surface area contributed by atoms with Crippen LogP contribution in [0.25, 0.3) is 22.3 Å². The van der Waals surface area contributed by atoms with E-state index in [1.165, 1.54) is 30.5 Å². The van der Waals surface area contributed by atoms with Crippen molar-refractivity contribution in [2.24, 2.45) is 0 Å². The van der Waals surface area contributed by atoms with E-state index >= 15 is 8.78 Å². The third-order valence-electron chi connectivity index (χ3n) is 9.51. The molecule has 0 aliphatic rings. The number of aromatic amines is 2. The van der Waals surface area contributed by atoms with Crippen molar-refractivity contribution in [3.05, 3.63) is 137 Å². The molecule has 4 aromatic carbocycles. The highest BCUT2D eigenvalue weighted by atomic mass is 19.1. The molecular formula is C44H43F2N3O7. The highest BCUT2D eigenvalue weighted by Crippen LogP contribution is 2.37. The van der Waals surface area contributed by atoms with Gasteiger partial charge < -0.3 is 33.7 Å². The van der Waals surface area contributed by atoms with Crippen LogP contribution in [0, 0.1) is 11.6 Å². The Hall–Kier alpha value is -6.14. The molecule has 1 atom stereocenters. The van der Waals surface area contributed by atoms with Crippen molar-refractivity contribution in [1.82, 2.24) is 15.0 Å². The fraction of sp³-hybridized carbons (Fsp3) is 0.273. The molecule has 290 valence electrons. The molecule has 1 unspecified atom stereocenters. The van der Waals surface area contributed by atoms with Crippen molar-refractivity contribution < 1.29 is 42.1 Å². The van der Waals surface area contributed by atoms with Gasteiger partial charge >= 0.3 is 11.9 Å². The lowest BCUT2D eigenvalue weighted by Gasteiger charge is -2.23. The van der Waals surface area contributed by atoms with E-state index in [1.54, 1.807) is 20.0 Å². The summed E-state index contributed by atoms with van der Waals surface area (Å²) in [5, 5.41) is 0.766. The van der Waals surface area contributed by atoms with E-state index in [4.69, 9.17) is 18.9 Å². The first-order valence-corrected chi connectivity index (χ1v) is 18.5. The molecule has 0 fully saturated rings. The number of hydrogen-bond donors (Lipinski definition) is 2. The van der Waals surface area contributed by atoms with Gasteiger partial charge in [-0.15, -0.1) is 0 Å². The molecule has 0 aliphatic carbocycles. The Bertz CT molecular complexity index is 2290. The number of hydrogen-bond acceptors (Lipinski definition) is 8. The van der Waals surface area contributed by atoms with E-state index in [0.717, 1.165) is 22.8 Å². The van der Waals surface area contributed by atoms with Gasteiger partial charge in [0.05, 0.1) is 36.3 Å². The van der Waals surface area contributed by atoms with Crippen molar-refractivity contribution in [3.8, 4) is 22.9 Å². The zero-order valence-corrected chi connectivity index (χ0v) is 31.2. The summed E-state index contributed by atoms with van der Waals surface area (Å²) in [4.78, 5) is 47.3. The molecule has 0 radical (unpaired) electrons. The summed E-state index contributed by atoms with van der Waals surface area (Å²) in [6, 6.07) is 24.0. The summed E-state index contributed by atoms with van der Waals surface area (Å²) in [5.41, 5.74) is 2.93. The quantitative estimate of drug-likeness (QED) is 0.0476. The van der Waals surface area contributed by atoms with Crippen LogP contribution in [-0.4, -0.2) is 53.0 Å². The van der Waals surface area contributed by atoms with Crippen molar-refractivity contribution in [2.75, 3.05) is 19.8 Å². The molecule has 2 N–H and O–H groups in total. The van der Waals surface area contributed by atoms with Crippen LogP contribution in [0.15, 0.2) is 97.3 Å². The maximum Gasteiger partial charge on any atom is 0.308 e. The second kappa shape index (κ2) is 18.5. The van der Waals surface area contributed by atoms with Crippen molar-refractivity contribution in [1.29, 1.82) is 0 Å². The van der Waals surface area contributed by atoms with Crippen LogP contribution in [0.5, 0.6) is 11.5 Å². The number of nitrogens with one attached hydrogen (secondary N) is 2. The predicted molar refractivity (Wildman–Crippen MR) is 206 cm³/mol. The van der Waals surface area contributed by atoms with Crippen LogP contribution in [0.4, 0.5) is 8.78 Å². The maximum atomic E-state index is 15.7. The first kappa shape index (κ1) is 39.6. The van der Waals surface area contributed by atoms with Crippen LogP contribution in [0.2, 0.25) is 0 Å². The number of halogens is 2. The fourth-order valence-electron chi connectivity index (χ4n) is 6.41. The summed E-state index contributed by atoms with van der Waals surface area (Å²) in [7, 11) is 0. The number of benzene rings is 4. The highest BCUT2D eigenvalue weighted by Gasteiger charge is 2.31. The average Bonchev–Trinajstić information content (AvgIpc) is 3.90. The van der Waals surface area contributed by atoms with Crippen molar-refractivity contribution in [2.45, 2.75) is 58.0 Å². The minimum absolute atomic E-state index is 0.00403. The molecule has 6 rings (SSSR count). The molecule has 56 heavy (non-hydrogen) atoms. The zero-order chi connectivity index (χ0) is 39.5. The molecule has 0 bridgehead atoms. The number of carbonyl (C=O) groups is 3. The predicted octanol–water partition coefficient (Wildman–Crippen LogP) is 8.71. The van der Waals surface area contributed by atoms with Gasteiger partial charge in [-0.2, -0.15) is 0 Å². The first-order chi connectivity index (χ1) is 27.2. The Morgan fingerprint density at radius 2 is 1.66 bits per heavy atom. The van der Waals surface area contributed by atoms with Crippen LogP contribution >= 0.6 is 0 Å². The van der Waals surface area contributed by atoms with E-state index in [0.29, 0.717) is 54.8 Å². The number of imidazole rings is 1. The van der Waals surface area contributed by atoms with Crippen LogP contribution in [0.1, 0.15) is 61.1 Å². The third-order valence-corrected chi connectivity index (χ3v) is 9.51. The third kappa shape index (κ3) is 9.56.